The van der Waals surface area contributed by atoms with Gasteiger partial charge in [0.2, 0.25) is 0 Å². The van der Waals surface area contributed by atoms with E-state index in [4.69, 9.17) is 28.4 Å². The third-order valence-electron chi connectivity index (χ3n) is 7.78. The van der Waals surface area contributed by atoms with Crippen molar-refractivity contribution in [3.05, 3.63) is 0 Å². The van der Waals surface area contributed by atoms with Gasteiger partial charge in [0.15, 0.2) is 0 Å². The van der Waals surface area contributed by atoms with E-state index in [1.807, 2.05) is 0 Å². The van der Waals surface area contributed by atoms with E-state index < -0.39 is 16.2 Å². The highest BCUT2D eigenvalue weighted by atomic mass is 16.6. The Labute approximate surface area is 180 Å². The van der Waals surface area contributed by atoms with Gasteiger partial charge < -0.3 is 28.4 Å². The smallest absolute Gasteiger partial charge is 0.312 e. The van der Waals surface area contributed by atoms with Crippen molar-refractivity contribution >= 4 is 17.9 Å². The molecule has 0 aromatic heterocycles. The molecule has 7 aliphatic rings. The first-order valence-corrected chi connectivity index (χ1v) is 11.3. The lowest BCUT2D eigenvalue weighted by Crippen LogP contribution is -2.64. The molecular weight excluding hydrogens is 408 g/mol. The summed E-state index contributed by atoms with van der Waals surface area (Å²) in [6.45, 7) is 2.46. The van der Waals surface area contributed by atoms with Crippen LogP contribution in [-0.2, 0) is 42.8 Å². The highest BCUT2D eigenvalue weighted by Crippen LogP contribution is 2.70. The summed E-state index contributed by atoms with van der Waals surface area (Å²) in [7, 11) is 0. The molecule has 3 saturated heterocycles. The van der Waals surface area contributed by atoms with E-state index in [1.165, 1.54) is 0 Å². The Balaban J connectivity index is 1.27. The van der Waals surface area contributed by atoms with Gasteiger partial charge in [0.05, 0.1) is 36.1 Å². The predicted octanol–water partition coefficient (Wildman–Crippen LogP) is 0.769. The molecule has 9 heteroatoms. The number of hydrogen-bond acceptors (Lipinski definition) is 9. The van der Waals surface area contributed by atoms with Crippen molar-refractivity contribution in [1.29, 1.82) is 0 Å². The van der Waals surface area contributed by atoms with Crippen LogP contribution in [0.1, 0.15) is 38.5 Å². The average molecular weight is 436 g/mol. The molecule has 5 atom stereocenters. The van der Waals surface area contributed by atoms with Crippen LogP contribution < -0.4 is 0 Å². The average Bonchev–Trinajstić information content (AvgIpc) is 3.60. The number of epoxide rings is 3. The lowest BCUT2D eigenvalue weighted by Gasteiger charge is -2.63. The number of esters is 3. The molecule has 9 nitrogen and oxygen atoms in total. The summed E-state index contributed by atoms with van der Waals surface area (Å²) < 4.78 is 32.3. The zero-order chi connectivity index (χ0) is 21.3. The highest BCUT2D eigenvalue weighted by Gasteiger charge is 2.71. The number of hydrogen-bond donors (Lipinski definition) is 0. The molecular formula is C22H28O9. The normalized spacial score (nSPS) is 45.7. The van der Waals surface area contributed by atoms with Crippen LogP contribution in [0, 0.1) is 22.2 Å². The van der Waals surface area contributed by atoms with Crippen molar-refractivity contribution in [1.82, 2.24) is 0 Å². The molecule has 0 radical (unpaired) electrons. The fraction of sp³-hybridized carbons (Fsp3) is 0.864. The lowest BCUT2D eigenvalue weighted by atomic mass is 9.39. The van der Waals surface area contributed by atoms with Gasteiger partial charge in [-0.05, 0) is 44.4 Å². The summed E-state index contributed by atoms with van der Waals surface area (Å²) in [5.74, 6) is -0.886. The lowest BCUT2D eigenvalue weighted by molar-refractivity contribution is -0.216. The summed E-state index contributed by atoms with van der Waals surface area (Å²) in [6.07, 6.45) is 2.91. The molecule has 31 heavy (non-hydrogen) atoms. The maximum Gasteiger partial charge on any atom is 0.312 e. The zero-order valence-corrected chi connectivity index (χ0v) is 17.5. The van der Waals surface area contributed by atoms with Gasteiger partial charge in [-0.1, -0.05) is 0 Å². The van der Waals surface area contributed by atoms with Gasteiger partial charge in [-0.2, -0.15) is 0 Å². The van der Waals surface area contributed by atoms with Gasteiger partial charge in [0.25, 0.3) is 0 Å². The second kappa shape index (κ2) is 6.89. The predicted molar refractivity (Wildman–Crippen MR) is 101 cm³/mol. The van der Waals surface area contributed by atoms with Crippen LogP contribution in [0.15, 0.2) is 0 Å². The SMILES string of the molecule is O=C(OCC1CO1)C12CC3CC(C(=O)OCC4CO4)(C1)CC(C(=O)OC[C@@H]1CO1)(C3)C2. The molecule has 4 saturated carbocycles. The fourth-order valence-electron chi connectivity index (χ4n) is 6.58. The van der Waals surface area contributed by atoms with E-state index in [0.29, 0.717) is 58.3 Å². The van der Waals surface area contributed by atoms with Crippen molar-refractivity contribution in [2.75, 3.05) is 39.6 Å². The maximum absolute atomic E-state index is 13.3. The molecule has 4 unspecified atom stereocenters. The van der Waals surface area contributed by atoms with E-state index >= 15 is 0 Å². The molecule has 0 spiro atoms. The van der Waals surface area contributed by atoms with Crippen LogP contribution in [0.25, 0.3) is 0 Å². The Hall–Kier alpha value is -1.71. The number of ether oxygens (including phenoxy) is 6. The highest BCUT2D eigenvalue weighted by molar-refractivity contribution is 5.87. The standard InChI is InChI=1S/C22H28O9/c23-17(29-7-14-4-26-14)20-1-13-2-21(10-20,18(24)30-8-15-5-27-15)12-22(3-13,11-20)19(25)31-9-16-6-28-16/h13-16H,1-12H2/t13?,14-,15?,16?,20?,21?,22?/m0/s1. The minimum Gasteiger partial charge on any atom is -0.462 e. The first-order chi connectivity index (χ1) is 14.9. The Kier molecular flexibility index (Phi) is 4.43. The molecule has 0 N–H and O–H groups in total. The quantitative estimate of drug-likeness (QED) is 0.293. The van der Waals surface area contributed by atoms with Gasteiger partial charge in [-0.25, -0.2) is 0 Å². The van der Waals surface area contributed by atoms with Crippen LogP contribution in [0.5, 0.6) is 0 Å². The fourth-order valence-corrected chi connectivity index (χ4v) is 6.58. The van der Waals surface area contributed by atoms with Crippen molar-refractivity contribution in [2.45, 2.75) is 56.8 Å². The third-order valence-corrected chi connectivity index (χ3v) is 7.78. The monoisotopic (exact) mass is 436 g/mol. The number of carbonyl (C=O) groups is 3. The van der Waals surface area contributed by atoms with E-state index in [2.05, 4.69) is 0 Å². The molecule has 0 amide bonds. The van der Waals surface area contributed by atoms with Crippen molar-refractivity contribution < 1.29 is 42.8 Å². The van der Waals surface area contributed by atoms with Crippen LogP contribution in [0.4, 0.5) is 0 Å². The first-order valence-electron chi connectivity index (χ1n) is 11.3. The Morgan fingerprint density at radius 3 is 1.16 bits per heavy atom. The summed E-state index contributed by atoms with van der Waals surface area (Å²) in [5.41, 5.74) is -2.59. The van der Waals surface area contributed by atoms with Crippen LogP contribution in [0.2, 0.25) is 0 Å². The Bertz CT molecular complexity index is 684. The largest absolute Gasteiger partial charge is 0.462 e. The van der Waals surface area contributed by atoms with Gasteiger partial charge in [0, 0.05) is 0 Å². The second-order valence-corrected chi connectivity index (χ2v) is 10.5. The Morgan fingerprint density at radius 1 is 0.613 bits per heavy atom. The molecule has 4 aliphatic carbocycles. The van der Waals surface area contributed by atoms with Crippen LogP contribution >= 0.6 is 0 Å². The van der Waals surface area contributed by atoms with Crippen LogP contribution in [-0.4, -0.2) is 75.9 Å². The van der Waals surface area contributed by atoms with E-state index in [9.17, 15) is 14.4 Å². The van der Waals surface area contributed by atoms with Crippen molar-refractivity contribution in [3.8, 4) is 0 Å². The molecule has 3 heterocycles. The summed E-state index contributed by atoms with van der Waals surface area (Å²) in [5, 5.41) is 0. The van der Waals surface area contributed by atoms with E-state index in [0.717, 1.165) is 0 Å². The topological polar surface area (TPSA) is 116 Å². The van der Waals surface area contributed by atoms with E-state index in [1.54, 1.807) is 0 Å². The first kappa shape index (κ1) is 19.9. The minimum absolute atomic E-state index is 0.0344. The van der Waals surface area contributed by atoms with Crippen molar-refractivity contribution in [3.63, 3.8) is 0 Å². The molecule has 0 aromatic carbocycles. The summed E-state index contributed by atoms with van der Waals surface area (Å²) in [4.78, 5) is 39.9. The number of rotatable bonds is 9. The molecule has 7 rings (SSSR count). The number of carbonyl (C=O) groups excluding carboxylic acids is 3. The van der Waals surface area contributed by atoms with Crippen molar-refractivity contribution in [2.24, 2.45) is 22.2 Å². The minimum atomic E-state index is -0.863. The molecule has 170 valence electrons. The summed E-state index contributed by atoms with van der Waals surface area (Å²) in [6, 6.07) is 0. The van der Waals surface area contributed by atoms with Gasteiger partial charge in [0.1, 0.15) is 38.1 Å². The van der Waals surface area contributed by atoms with Crippen LogP contribution in [0.3, 0.4) is 0 Å². The molecule has 4 bridgehead atoms. The van der Waals surface area contributed by atoms with Gasteiger partial charge in [-0.3, -0.25) is 14.4 Å². The zero-order valence-electron chi connectivity index (χ0n) is 17.5. The maximum atomic E-state index is 13.3. The molecule has 7 fully saturated rings. The summed E-state index contributed by atoms with van der Waals surface area (Å²) >= 11 is 0. The molecule has 3 aliphatic heterocycles. The van der Waals surface area contributed by atoms with Gasteiger partial charge in [-0.15, -0.1) is 0 Å². The third kappa shape index (κ3) is 3.64. The molecule has 0 aromatic rings. The Morgan fingerprint density at radius 2 is 0.903 bits per heavy atom. The van der Waals surface area contributed by atoms with Gasteiger partial charge >= 0.3 is 17.9 Å². The second-order valence-electron chi connectivity index (χ2n) is 10.5. The van der Waals surface area contributed by atoms with E-state index in [-0.39, 0.29) is 62.0 Å².